The van der Waals surface area contributed by atoms with E-state index in [0.717, 1.165) is 5.06 Å². The van der Waals surface area contributed by atoms with Crippen molar-refractivity contribution in [3.8, 4) is 5.75 Å². The number of aromatic nitrogens is 1. The minimum atomic E-state index is -0.643. The maximum absolute atomic E-state index is 13.3. The standard InChI is InChI=1S/C9H10BrFN2O3/c1-13(15-2)7(14)5-16-6-3-4-12-9(10)8(6)11/h3-4H,5H2,1-2H3. The van der Waals surface area contributed by atoms with Crippen molar-refractivity contribution < 1.29 is 18.8 Å². The Morgan fingerprint density at radius 1 is 1.69 bits per heavy atom. The molecule has 0 saturated carbocycles. The summed E-state index contributed by atoms with van der Waals surface area (Å²) in [6.07, 6.45) is 1.37. The van der Waals surface area contributed by atoms with Gasteiger partial charge in [0.25, 0.3) is 5.91 Å². The number of likely N-dealkylation sites (N-methyl/N-ethyl adjacent to an activating group) is 1. The molecule has 1 aromatic heterocycles. The first kappa shape index (κ1) is 12.9. The molecule has 1 heterocycles. The number of amides is 1. The van der Waals surface area contributed by atoms with E-state index in [-0.39, 0.29) is 17.0 Å². The highest BCUT2D eigenvalue weighted by Crippen LogP contribution is 2.22. The SMILES string of the molecule is CON(C)C(=O)COc1ccnc(Br)c1F. The molecule has 1 aromatic rings. The molecule has 0 aliphatic heterocycles. The van der Waals surface area contributed by atoms with Crippen LogP contribution in [0.5, 0.6) is 5.75 Å². The molecule has 0 N–H and O–H groups in total. The Morgan fingerprint density at radius 2 is 2.38 bits per heavy atom. The van der Waals surface area contributed by atoms with Gasteiger partial charge in [0, 0.05) is 19.3 Å². The van der Waals surface area contributed by atoms with Crippen LogP contribution < -0.4 is 4.74 Å². The third-order valence-corrected chi connectivity index (χ3v) is 2.34. The van der Waals surface area contributed by atoms with Gasteiger partial charge in [0.15, 0.2) is 18.2 Å². The third kappa shape index (κ3) is 3.14. The van der Waals surface area contributed by atoms with E-state index in [2.05, 4.69) is 25.8 Å². The molecule has 0 saturated heterocycles. The Bertz CT molecular complexity index is 389. The summed E-state index contributed by atoms with van der Waals surface area (Å²) in [5.41, 5.74) is 0. The smallest absolute Gasteiger partial charge is 0.283 e. The molecule has 88 valence electrons. The van der Waals surface area contributed by atoms with Crippen LogP contribution in [-0.4, -0.2) is 36.7 Å². The summed E-state index contributed by atoms with van der Waals surface area (Å²) >= 11 is 2.91. The Morgan fingerprint density at radius 3 is 3.00 bits per heavy atom. The minimum absolute atomic E-state index is 0.0394. The number of rotatable bonds is 4. The summed E-state index contributed by atoms with van der Waals surface area (Å²) in [5, 5.41) is 0.994. The summed E-state index contributed by atoms with van der Waals surface area (Å²) in [5.74, 6) is -1.11. The van der Waals surface area contributed by atoms with Crippen molar-refractivity contribution >= 4 is 21.8 Å². The number of hydrogen-bond acceptors (Lipinski definition) is 4. The van der Waals surface area contributed by atoms with Gasteiger partial charge in [0.2, 0.25) is 0 Å². The number of halogens is 2. The van der Waals surface area contributed by atoms with Gasteiger partial charge in [0.1, 0.15) is 4.60 Å². The average molecular weight is 293 g/mol. The average Bonchev–Trinajstić information content (AvgIpc) is 2.29. The molecule has 0 atom stereocenters. The fourth-order valence-electron chi connectivity index (χ4n) is 0.846. The largest absolute Gasteiger partial charge is 0.480 e. The van der Waals surface area contributed by atoms with Gasteiger partial charge < -0.3 is 4.74 Å². The molecular weight excluding hydrogens is 283 g/mol. The van der Waals surface area contributed by atoms with E-state index in [1.54, 1.807) is 0 Å². The predicted octanol–water partition coefficient (Wildman–Crippen LogP) is 1.38. The molecule has 0 bridgehead atoms. The highest BCUT2D eigenvalue weighted by atomic mass is 79.9. The van der Waals surface area contributed by atoms with E-state index < -0.39 is 11.7 Å². The zero-order chi connectivity index (χ0) is 12.1. The highest BCUT2D eigenvalue weighted by molar-refractivity contribution is 9.10. The van der Waals surface area contributed by atoms with Gasteiger partial charge in [-0.25, -0.2) is 10.0 Å². The number of nitrogens with zero attached hydrogens (tertiary/aromatic N) is 2. The lowest BCUT2D eigenvalue weighted by atomic mass is 10.4. The van der Waals surface area contributed by atoms with Crippen LogP contribution in [0.15, 0.2) is 16.9 Å². The second-order valence-corrected chi connectivity index (χ2v) is 3.53. The molecule has 1 rings (SSSR count). The Balaban J connectivity index is 2.61. The Kier molecular flexibility index (Phi) is 4.63. The van der Waals surface area contributed by atoms with Crippen molar-refractivity contribution in [2.45, 2.75) is 0 Å². The summed E-state index contributed by atoms with van der Waals surface area (Å²) in [7, 11) is 2.78. The Hall–Kier alpha value is -1.21. The van der Waals surface area contributed by atoms with E-state index in [4.69, 9.17) is 4.74 Å². The molecule has 0 aromatic carbocycles. The normalized spacial score (nSPS) is 10.0. The van der Waals surface area contributed by atoms with E-state index in [1.165, 1.54) is 26.4 Å². The second kappa shape index (κ2) is 5.76. The summed E-state index contributed by atoms with van der Waals surface area (Å²) in [6.45, 7) is -0.308. The molecule has 0 fully saturated rings. The topological polar surface area (TPSA) is 51.7 Å². The van der Waals surface area contributed by atoms with Crippen LogP contribution in [-0.2, 0) is 9.63 Å². The van der Waals surface area contributed by atoms with E-state index in [1.807, 2.05) is 0 Å². The number of ether oxygens (including phenoxy) is 1. The van der Waals surface area contributed by atoms with Crippen LogP contribution in [0.25, 0.3) is 0 Å². The number of carbonyl (C=O) groups excluding carboxylic acids is 1. The van der Waals surface area contributed by atoms with E-state index >= 15 is 0 Å². The van der Waals surface area contributed by atoms with E-state index in [9.17, 15) is 9.18 Å². The maximum Gasteiger partial charge on any atom is 0.283 e. The van der Waals surface area contributed by atoms with Crippen molar-refractivity contribution in [1.29, 1.82) is 0 Å². The summed E-state index contributed by atoms with van der Waals surface area (Å²) < 4.78 is 18.4. The quantitative estimate of drug-likeness (QED) is 0.621. The second-order valence-electron chi connectivity index (χ2n) is 2.78. The Labute approximate surface area is 100 Å². The molecule has 7 heteroatoms. The van der Waals surface area contributed by atoms with Gasteiger partial charge in [-0.05, 0) is 15.9 Å². The van der Waals surface area contributed by atoms with Crippen LogP contribution in [0, 0.1) is 5.82 Å². The maximum atomic E-state index is 13.3. The summed E-state index contributed by atoms with van der Waals surface area (Å²) in [6, 6.07) is 1.33. The molecule has 16 heavy (non-hydrogen) atoms. The van der Waals surface area contributed by atoms with Crippen LogP contribution in [0.3, 0.4) is 0 Å². The van der Waals surface area contributed by atoms with Crippen LogP contribution in [0.1, 0.15) is 0 Å². The number of carbonyl (C=O) groups is 1. The van der Waals surface area contributed by atoms with Crippen LogP contribution in [0.4, 0.5) is 4.39 Å². The van der Waals surface area contributed by atoms with Gasteiger partial charge in [-0.15, -0.1) is 0 Å². The molecule has 0 aliphatic carbocycles. The van der Waals surface area contributed by atoms with Crippen LogP contribution in [0.2, 0.25) is 0 Å². The lowest BCUT2D eigenvalue weighted by Gasteiger charge is -2.14. The zero-order valence-electron chi connectivity index (χ0n) is 8.74. The minimum Gasteiger partial charge on any atom is -0.480 e. The van der Waals surface area contributed by atoms with Crippen molar-refractivity contribution in [3.63, 3.8) is 0 Å². The van der Waals surface area contributed by atoms with Gasteiger partial charge in [-0.1, -0.05) is 0 Å². The summed E-state index contributed by atoms with van der Waals surface area (Å²) in [4.78, 5) is 19.6. The lowest BCUT2D eigenvalue weighted by molar-refractivity contribution is -0.170. The van der Waals surface area contributed by atoms with Gasteiger partial charge in [-0.2, -0.15) is 4.39 Å². The van der Waals surface area contributed by atoms with Crippen molar-refractivity contribution in [3.05, 3.63) is 22.7 Å². The molecule has 0 unspecified atom stereocenters. The fraction of sp³-hybridized carbons (Fsp3) is 0.333. The van der Waals surface area contributed by atoms with E-state index in [0.29, 0.717) is 0 Å². The van der Waals surface area contributed by atoms with Gasteiger partial charge in [-0.3, -0.25) is 9.63 Å². The van der Waals surface area contributed by atoms with Crippen molar-refractivity contribution in [1.82, 2.24) is 10.0 Å². The van der Waals surface area contributed by atoms with Crippen molar-refractivity contribution in [2.24, 2.45) is 0 Å². The first-order valence-corrected chi connectivity index (χ1v) is 5.09. The molecule has 1 amide bonds. The number of hydrogen-bond donors (Lipinski definition) is 0. The monoisotopic (exact) mass is 292 g/mol. The number of pyridine rings is 1. The molecule has 5 nitrogen and oxygen atoms in total. The molecular formula is C9H10BrFN2O3. The molecule has 0 radical (unpaired) electrons. The number of hydroxylamine groups is 2. The first-order valence-electron chi connectivity index (χ1n) is 4.29. The molecule has 0 spiro atoms. The molecule has 0 aliphatic rings. The van der Waals surface area contributed by atoms with Gasteiger partial charge in [0.05, 0.1) is 7.11 Å². The van der Waals surface area contributed by atoms with Crippen LogP contribution >= 0.6 is 15.9 Å². The predicted molar refractivity (Wildman–Crippen MR) is 57.2 cm³/mol. The lowest BCUT2D eigenvalue weighted by Crippen LogP contribution is -2.30. The van der Waals surface area contributed by atoms with Gasteiger partial charge >= 0.3 is 0 Å². The zero-order valence-corrected chi connectivity index (χ0v) is 10.3. The highest BCUT2D eigenvalue weighted by Gasteiger charge is 2.12. The third-order valence-electron chi connectivity index (χ3n) is 1.79. The first-order chi connectivity index (χ1) is 7.56. The van der Waals surface area contributed by atoms with Crippen molar-refractivity contribution in [2.75, 3.05) is 20.8 Å². The fourth-order valence-corrected chi connectivity index (χ4v) is 1.16.